The van der Waals surface area contributed by atoms with Gasteiger partial charge in [-0.25, -0.2) is 0 Å². The van der Waals surface area contributed by atoms with E-state index in [4.69, 9.17) is 16.7 Å². The quantitative estimate of drug-likeness (QED) is 0.104. The molecular weight excluding hydrogens is 813 g/mol. The van der Waals surface area contributed by atoms with Crippen LogP contribution in [0.4, 0.5) is 0 Å². The maximum Gasteiger partial charge on any atom is 0.205 e. The number of nitrogens with zero attached hydrogens (tertiary/aromatic N) is 1. The Bertz CT molecular complexity index is 3370. The minimum absolute atomic E-state index is 0.0549. The Labute approximate surface area is 396 Å². The number of fused-ring (bicyclic) bond motifs is 10. The van der Waals surface area contributed by atoms with Crippen molar-refractivity contribution in [1.82, 2.24) is 0 Å². The Balaban J connectivity index is 0.878. The highest BCUT2D eigenvalue weighted by Crippen LogP contribution is 2.55. The Morgan fingerprint density at radius 3 is 2.09 bits per heavy atom. The summed E-state index contributed by atoms with van der Waals surface area (Å²) in [5.74, 6) is 0.818. The van der Waals surface area contributed by atoms with Gasteiger partial charge in [-0.05, 0) is 122 Å². The van der Waals surface area contributed by atoms with E-state index in [2.05, 4.69) is 215 Å². The number of benzene rings is 8. The fourth-order valence-corrected chi connectivity index (χ4v) is 11.8. The fraction of sp³-hybridized carbons (Fsp3) is 0.203. The van der Waals surface area contributed by atoms with Crippen molar-refractivity contribution in [3.8, 4) is 33.4 Å². The van der Waals surface area contributed by atoms with E-state index in [1.807, 2.05) is 6.07 Å². The average molecular weight is 872 g/mol. The van der Waals surface area contributed by atoms with Gasteiger partial charge in [0.1, 0.15) is 18.2 Å². The molecule has 1 aromatic heterocycles. The largest absolute Gasteiger partial charge is 0.455 e. The number of hydrogen-bond acceptors (Lipinski definition) is 2. The Kier molecular flexibility index (Phi) is 10.8. The summed E-state index contributed by atoms with van der Waals surface area (Å²) >= 11 is 0. The zero-order valence-electron chi connectivity index (χ0n) is 39.4. The van der Waals surface area contributed by atoms with Gasteiger partial charge in [-0.2, -0.15) is 4.58 Å². The first-order valence-electron chi connectivity index (χ1n) is 24.2. The lowest BCUT2D eigenvalue weighted by Crippen LogP contribution is -2.27. The molecule has 3 nitrogen and oxygen atoms in total. The molecule has 8 aromatic carbocycles. The van der Waals surface area contributed by atoms with Crippen LogP contribution < -0.4 is 5.73 Å². The van der Waals surface area contributed by atoms with Gasteiger partial charge in [0.05, 0.1) is 0 Å². The zero-order chi connectivity index (χ0) is 46.0. The van der Waals surface area contributed by atoms with Crippen LogP contribution in [0.3, 0.4) is 0 Å². The SMILES string of the molecule is C=C(c1ccc(C(C)C2Cc3c(ccc4c3C(C)(C)c3ccccc3-4)-c3ccccc32)cc1)[N+](C)=C(CC(CC)C(N)c1ccc2c(c1)oc1c(-c3ccccc3)cccc12)c1ccccc1. The smallest absolute Gasteiger partial charge is 0.205 e. The van der Waals surface area contributed by atoms with Gasteiger partial charge in [0, 0.05) is 45.3 Å². The van der Waals surface area contributed by atoms with Crippen LogP contribution in [0.5, 0.6) is 0 Å². The van der Waals surface area contributed by atoms with Gasteiger partial charge in [-0.3, -0.25) is 0 Å². The molecule has 0 saturated heterocycles. The molecule has 0 bridgehead atoms. The molecule has 0 amide bonds. The van der Waals surface area contributed by atoms with Gasteiger partial charge in [0.15, 0.2) is 5.71 Å². The molecule has 2 N–H and O–H groups in total. The van der Waals surface area contributed by atoms with Gasteiger partial charge < -0.3 is 10.2 Å². The summed E-state index contributed by atoms with van der Waals surface area (Å²) in [6.07, 6.45) is 2.72. The monoisotopic (exact) mass is 871 g/mol. The van der Waals surface area contributed by atoms with Crippen molar-refractivity contribution in [2.45, 2.75) is 70.3 Å². The number of hydrogen-bond donors (Lipinski definition) is 1. The van der Waals surface area contributed by atoms with Crippen LogP contribution in [0, 0.1) is 5.92 Å². The molecule has 4 unspecified atom stereocenters. The van der Waals surface area contributed by atoms with E-state index in [-0.39, 0.29) is 17.4 Å². The number of rotatable bonds is 11. The fourth-order valence-electron chi connectivity index (χ4n) is 11.8. The van der Waals surface area contributed by atoms with Crippen molar-refractivity contribution in [2.24, 2.45) is 11.7 Å². The van der Waals surface area contributed by atoms with Crippen molar-refractivity contribution in [3.63, 3.8) is 0 Å². The molecule has 11 rings (SSSR count). The highest BCUT2D eigenvalue weighted by Gasteiger charge is 2.41. The maximum atomic E-state index is 7.30. The van der Waals surface area contributed by atoms with Crippen LogP contribution in [0.1, 0.15) is 103 Å². The van der Waals surface area contributed by atoms with Gasteiger partial charge >= 0.3 is 0 Å². The summed E-state index contributed by atoms with van der Waals surface area (Å²) in [6.45, 7) is 14.3. The first kappa shape index (κ1) is 42.6. The molecule has 0 fully saturated rings. The van der Waals surface area contributed by atoms with Gasteiger partial charge in [0.2, 0.25) is 5.70 Å². The highest BCUT2D eigenvalue weighted by atomic mass is 16.3. The van der Waals surface area contributed by atoms with Crippen LogP contribution in [0.2, 0.25) is 0 Å². The van der Waals surface area contributed by atoms with E-state index >= 15 is 0 Å². The molecule has 0 saturated carbocycles. The molecule has 0 radical (unpaired) electrons. The highest BCUT2D eigenvalue weighted by molar-refractivity contribution is 6.09. The first-order chi connectivity index (χ1) is 32.6. The minimum atomic E-state index is -0.198. The lowest BCUT2D eigenvalue weighted by Gasteiger charge is -2.36. The average Bonchev–Trinajstić information content (AvgIpc) is 3.87. The predicted molar refractivity (Wildman–Crippen MR) is 281 cm³/mol. The topological polar surface area (TPSA) is 42.2 Å². The summed E-state index contributed by atoms with van der Waals surface area (Å²) in [6, 6.07) is 66.2. The summed E-state index contributed by atoms with van der Waals surface area (Å²) in [5.41, 5.74) is 29.6. The third-order valence-electron chi connectivity index (χ3n) is 15.7. The van der Waals surface area contributed by atoms with Crippen LogP contribution in [0.15, 0.2) is 193 Å². The van der Waals surface area contributed by atoms with E-state index in [0.717, 1.165) is 69.2 Å². The van der Waals surface area contributed by atoms with Crippen molar-refractivity contribution < 1.29 is 8.99 Å². The number of furan rings is 1. The van der Waals surface area contributed by atoms with Crippen LogP contribution in [-0.2, 0) is 11.8 Å². The van der Waals surface area contributed by atoms with Crippen molar-refractivity contribution >= 4 is 33.3 Å². The lowest BCUT2D eigenvalue weighted by atomic mass is 9.68. The normalized spacial score (nSPS) is 16.4. The second kappa shape index (κ2) is 17.0. The van der Waals surface area contributed by atoms with Crippen molar-refractivity contribution in [3.05, 3.63) is 233 Å². The summed E-state index contributed by atoms with van der Waals surface area (Å²) in [4.78, 5) is 0. The second-order valence-corrected chi connectivity index (χ2v) is 19.6. The van der Waals surface area contributed by atoms with Crippen LogP contribution >= 0.6 is 0 Å². The summed E-state index contributed by atoms with van der Waals surface area (Å²) in [5, 5.41) is 2.23. The number of para-hydroxylation sites is 1. The second-order valence-electron chi connectivity index (χ2n) is 19.6. The summed E-state index contributed by atoms with van der Waals surface area (Å²) < 4.78 is 8.95. The predicted octanol–water partition coefficient (Wildman–Crippen LogP) is 15.9. The Morgan fingerprint density at radius 2 is 1.33 bits per heavy atom. The molecule has 2 aliphatic carbocycles. The van der Waals surface area contributed by atoms with Crippen LogP contribution in [0.25, 0.3) is 61.0 Å². The molecule has 3 heteroatoms. The molecule has 67 heavy (non-hydrogen) atoms. The molecule has 9 aromatic rings. The number of nitrogens with two attached hydrogens (primary N) is 1. The minimum Gasteiger partial charge on any atom is -0.455 e. The standard InChI is InChI=1S/C64H59N2O/c1-7-42(62(65)47-33-34-53-55-27-18-26-48(45-19-10-8-11-20-45)63(55)67-60(53)38-47)37-59(46-21-12-9-13-22-46)66(6)41(3)44-31-29-43(30-32-44)40(2)56-39-57-51(49-23-14-15-24-50(49)56)35-36-54-52-25-16-17-28-58(52)64(4,5)61(54)57/h8-36,38,40,42,56,62H,3,7,37,39,65H2,1-2,4-6H3/q+1. The van der Waals surface area contributed by atoms with E-state index in [0.29, 0.717) is 11.8 Å². The zero-order valence-corrected chi connectivity index (χ0v) is 39.4. The van der Waals surface area contributed by atoms with Gasteiger partial charge in [-0.15, -0.1) is 0 Å². The van der Waals surface area contributed by atoms with E-state index < -0.39 is 0 Å². The molecule has 0 aliphatic heterocycles. The van der Waals surface area contributed by atoms with Crippen molar-refractivity contribution in [2.75, 3.05) is 7.05 Å². The molecule has 1 heterocycles. The van der Waals surface area contributed by atoms with E-state index in [9.17, 15) is 0 Å². The van der Waals surface area contributed by atoms with E-state index in [1.54, 1.807) is 0 Å². The summed E-state index contributed by atoms with van der Waals surface area (Å²) in [7, 11) is 2.17. The van der Waals surface area contributed by atoms with Crippen LogP contribution in [-0.4, -0.2) is 17.3 Å². The molecule has 330 valence electrons. The van der Waals surface area contributed by atoms with E-state index in [1.165, 1.54) is 61.3 Å². The van der Waals surface area contributed by atoms with Gasteiger partial charge in [0.25, 0.3) is 0 Å². The Morgan fingerprint density at radius 1 is 0.672 bits per heavy atom. The molecule has 4 atom stereocenters. The third-order valence-corrected chi connectivity index (χ3v) is 15.7. The third kappa shape index (κ3) is 7.19. The molecular formula is C64H59N2O+. The molecule has 0 spiro atoms. The van der Waals surface area contributed by atoms with Crippen molar-refractivity contribution in [1.29, 1.82) is 0 Å². The van der Waals surface area contributed by atoms with Gasteiger partial charge in [-0.1, -0.05) is 186 Å². The molecule has 2 aliphatic rings. The first-order valence-corrected chi connectivity index (χ1v) is 24.2. The maximum absolute atomic E-state index is 7.30. The lowest BCUT2D eigenvalue weighted by molar-refractivity contribution is -0.396. The Hall–Kier alpha value is -7.07.